The van der Waals surface area contributed by atoms with Gasteiger partial charge in [0.05, 0.1) is 5.60 Å². The normalized spacial score (nSPS) is 15.8. The third-order valence-electron chi connectivity index (χ3n) is 4.06. The molecular formula is C20H36O. The second-order valence-electron chi connectivity index (χ2n) is 6.85. The van der Waals surface area contributed by atoms with Gasteiger partial charge in [0, 0.05) is 0 Å². The highest BCUT2D eigenvalue weighted by Crippen LogP contribution is 2.18. The fourth-order valence-electron chi connectivity index (χ4n) is 2.15. The minimum atomic E-state index is -0.502. The summed E-state index contributed by atoms with van der Waals surface area (Å²) in [7, 11) is 0. The van der Waals surface area contributed by atoms with Gasteiger partial charge in [-0.2, -0.15) is 0 Å². The van der Waals surface area contributed by atoms with E-state index in [0.29, 0.717) is 0 Å². The second kappa shape index (κ2) is 10.8. The molecule has 0 aliphatic rings. The fourth-order valence-corrected chi connectivity index (χ4v) is 2.15. The first kappa shape index (κ1) is 20.2. The maximum Gasteiger partial charge on any atom is 0.0620 e. The lowest BCUT2D eigenvalue weighted by Gasteiger charge is -2.20. The molecule has 0 radical (unpaired) electrons. The lowest BCUT2D eigenvalue weighted by molar-refractivity contribution is 0.0480. The molecule has 0 amide bonds. The van der Waals surface area contributed by atoms with E-state index in [4.69, 9.17) is 0 Å². The van der Waals surface area contributed by atoms with Crippen molar-refractivity contribution in [3.63, 3.8) is 0 Å². The van der Waals surface area contributed by atoms with Crippen LogP contribution >= 0.6 is 0 Å². The zero-order valence-electron chi connectivity index (χ0n) is 15.1. The minimum absolute atomic E-state index is 0.502. The highest BCUT2D eigenvalue weighted by molar-refractivity contribution is 5.05. The maximum atomic E-state index is 9.96. The van der Waals surface area contributed by atoms with Gasteiger partial charge in [0.1, 0.15) is 0 Å². The number of allylic oxidation sites excluding steroid dienone is 6. The van der Waals surface area contributed by atoms with Crippen LogP contribution in [0.2, 0.25) is 0 Å². The monoisotopic (exact) mass is 292 g/mol. The van der Waals surface area contributed by atoms with Crippen LogP contribution in [0.25, 0.3) is 0 Å². The molecule has 122 valence electrons. The predicted molar refractivity (Wildman–Crippen MR) is 95.6 cm³/mol. The van der Waals surface area contributed by atoms with E-state index < -0.39 is 5.60 Å². The molecule has 0 aromatic rings. The van der Waals surface area contributed by atoms with Crippen molar-refractivity contribution < 1.29 is 5.11 Å². The Balaban J connectivity index is 3.96. The van der Waals surface area contributed by atoms with E-state index in [1.165, 1.54) is 23.1 Å². The molecule has 0 fully saturated rings. The SMILES string of the molecule is CC[C@](C)(O)CC/C=C(/C)CC/C=C(/C)CCC=C(C)C. The Morgan fingerprint density at radius 3 is 1.81 bits per heavy atom. The summed E-state index contributed by atoms with van der Waals surface area (Å²) in [4.78, 5) is 0. The summed E-state index contributed by atoms with van der Waals surface area (Å²) in [6, 6.07) is 0. The van der Waals surface area contributed by atoms with Crippen molar-refractivity contribution >= 4 is 0 Å². The first-order chi connectivity index (χ1) is 9.76. The van der Waals surface area contributed by atoms with E-state index in [1.54, 1.807) is 0 Å². The summed E-state index contributed by atoms with van der Waals surface area (Å²) in [6.45, 7) is 12.7. The Morgan fingerprint density at radius 2 is 1.33 bits per heavy atom. The van der Waals surface area contributed by atoms with E-state index in [9.17, 15) is 5.11 Å². The third kappa shape index (κ3) is 12.6. The van der Waals surface area contributed by atoms with E-state index >= 15 is 0 Å². The van der Waals surface area contributed by atoms with Gasteiger partial charge in [0.15, 0.2) is 0 Å². The van der Waals surface area contributed by atoms with E-state index in [0.717, 1.165) is 38.5 Å². The van der Waals surface area contributed by atoms with Crippen LogP contribution in [-0.2, 0) is 0 Å². The Morgan fingerprint density at radius 1 is 0.857 bits per heavy atom. The zero-order chi connectivity index (χ0) is 16.3. The van der Waals surface area contributed by atoms with Crippen LogP contribution in [0.1, 0.15) is 86.5 Å². The van der Waals surface area contributed by atoms with Crippen LogP contribution < -0.4 is 0 Å². The molecule has 0 saturated carbocycles. The molecule has 1 nitrogen and oxygen atoms in total. The average Bonchev–Trinajstić information content (AvgIpc) is 2.38. The maximum absolute atomic E-state index is 9.96. The van der Waals surface area contributed by atoms with E-state index in [-0.39, 0.29) is 0 Å². The molecule has 0 aliphatic carbocycles. The Bertz CT molecular complexity index is 365. The lowest BCUT2D eigenvalue weighted by atomic mass is 9.96. The molecular weight excluding hydrogens is 256 g/mol. The van der Waals surface area contributed by atoms with Gasteiger partial charge < -0.3 is 5.11 Å². The number of hydrogen-bond acceptors (Lipinski definition) is 1. The summed E-state index contributed by atoms with van der Waals surface area (Å²) in [5.41, 5.74) is 3.84. The van der Waals surface area contributed by atoms with Crippen molar-refractivity contribution in [2.24, 2.45) is 0 Å². The summed E-state index contributed by atoms with van der Waals surface area (Å²) < 4.78 is 0. The van der Waals surface area contributed by atoms with Crippen molar-refractivity contribution in [3.05, 3.63) is 34.9 Å². The van der Waals surface area contributed by atoms with Crippen molar-refractivity contribution in [1.82, 2.24) is 0 Å². The molecule has 0 saturated heterocycles. The molecule has 0 unspecified atom stereocenters. The molecule has 0 aliphatic heterocycles. The van der Waals surface area contributed by atoms with Gasteiger partial charge in [-0.05, 0) is 79.6 Å². The van der Waals surface area contributed by atoms with Gasteiger partial charge in [0.25, 0.3) is 0 Å². The van der Waals surface area contributed by atoms with E-state index in [2.05, 4.69) is 45.9 Å². The molecule has 1 heteroatoms. The Hall–Kier alpha value is -0.820. The van der Waals surface area contributed by atoms with Gasteiger partial charge in [-0.3, -0.25) is 0 Å². The van der Waals surface area contributed by atoms with Crippen LogP contribution in [0.3, 0.4) is 0 Å². The molecule has 0 bridgehead atoms. The molecule has 0 heterocycles. The molecule has 1 atom stereocenters. The predicted octanol–water partition coefficient (Wildman–Crippen LogP) is 6.35. The molecule has 0 aromatic carbocycles. The van der Waals surface area contributed by atoms with E-state index in [1.807, 2.05) is 13.8 Å². The van der Waals surface area contributed by atoms with Crippen molar-refractivity contribution in [1.29, 1.82) is 0 Å². The third-order valence-corrected chi connectivity index (χ3v) is 4.06. The summed E-state index contributed by atoms with van der Waals surface area (Å²) in [5, 5.41) is 9.96. The Kier molecular flexibility index (Phi) is 10.4. The van der Waals surface area contributed by atoms with Gasteiger partial charge in [-0.1, -0.05) is 41.9 Å². The summed E-state index contributed by atoms with van der Waals surface area (Å²) in [6.07, 6.45) is 14.2. The molecule has 21 heavy (non-hydrogen) atoms. The van der Waals surface area contributed by atoms with Gasteiger partial charge in [0.2, 0.25) is 0 Å². The lowest BCUT2D eigenvalue weighted by Crippen LogP contribution is -2.21. The van der Waals surface area contributed by atoms with Crippen molar-refractivity contribution in [3.8, 4) is 0 Å². The Labute approximate surface area is 132 Å². The summed E-state index contributed by atoms with van der Waals surface area (Å²) in [5.74, 6) is 0. The highest BCUT2D eigenvalue weighted by Gasteiger charge is 2.15. The summed E-state index contributed by atoms with van der Waals surface area (Å²) >= 11 is 0. The average molecular weight is 293 g/mol. The van der Waals surface area contributed by atoms with Crippen LogP contribution in [0.5, 0.6) is 0 Å². The van der Waals surface area contributed by atoms with Crippen LogP contribution in [0.15, 0.2) is 34.9 Å². The molecule has 0 spiro atoms. The standard InChI is InChI=1S/C20H36O/c1-7-20(6,21)16-10-15-19(5)14-9-13-18(4)12-8-11-17(2)3/h11,13,15,21H,7-10,12,14,16H2,1-6H3/b18-13-,19-15-/t20-/m0/s1. The first-order valence-electron chi connectivity index (χ1n) is 8.44. The highest BCUT2D eigenvalue weighted by atomic mass is 16.3. The molecule has 0 rings (SSSR count). The smallest absolute Gasteiger partial charge is 0.0620 e. The topological polar surface area (TPSA) is 20.2 Å². The fraction of sp³-hybridized carbons (Fsp3) is 0.700. The van der Waals surface area contributed by atoms with Crippen molar-refractivity contribution in [2.45, 2.75) is 92.1 Å². The van der Waals surface area contributed by atoms with Crippen LogP contribution in [0.4, 0.5) is 0 Å². The van der Waals surface area contributed by atoms with Gasteiger partial charge in [-0.25, -0.2) is 0 Å². The largest absolute Gasteiger partial charge is 0.390 e. The minimum Gasteiger partial charge on any atom is -0.390 e. The van der Waals surface area contributed by atoms with Crippen molar-refractivity contribution in [2.75, 3.05) is 0 Å². The van der Waals surface area contributed by atoms with Crippen LogP contribution in [0, 0.1) is 0 Å². The number of hydrogen-bond donors (Lipinski definition) is 1. The zero-order valence-corrected chi connectivity index (χ0v) is 15.1. The first-order valence-corrected chi connectivity index (χ1v) is 8.44. The second-order valence-corrected chi connectivity index (χ2v) is 6.85. The van der Waals surface area contributed by atoms with Gasteiger partial charge >= 0.3 is 0 Å². The molecule has 1 N–H and O–H groups in total. The number of rotatable bonds is 10. The van der Waals surface area contributed by atoms with Gasteiger partial charge in [-0.15, -0.1) is 0 Å². The van der Waals surface area contributed by atoms with Crippen LogP contribution in [-0.4, -0.2) is 10.7 Å². The quantitative estimate of drug-likeness (QED) is 0.465. The number of aliphatic hydroxyl groups is 1. The molecule has 0 aromatic heterocycles.